The van der Waals surface area contributed by atoms with Gasteiger partial charge in [0.2, 0.25) is 0 Å². The van der Waals surface area contributed by atoms with Gasteiger partial charge in [0.1, 0.15) is 0 Å². The summed E-state index contributed by atoms with van der Waals surface area (Å²) in [6.45, 7) is 12.0. The Kier molecular flexibility index (Phi) is 28.0. The van der Waals surface area contributed by atoms with Crippen molar-refractivity contribution in [3.8, 4) is 0 Å². The minimum atomic E-state index is -0.921. The van der Waals surface area contributed by atoms with E-state index in [0.717, 1.165) is 0 Å². The minimum absolute atomic E-state index is 0.149. The molecule has 0 amide bonds. The second-order valence-corrected chi connectivity index (χ2v) is 10.4. The van der Waals surface area contributed by atoms with Crippen molar-refractivity contribution in [1.29, 1.82) is 0 Å². The molecule has 0 N–H and O–H groups in total. The predicted octanol–water partition coefficient (Wildman–Crippen LogP) is 3.47. The van der Waals surface area contributed by atoms with E-state index in [4.69, 9.17) is 0 Å². The van der Waals surface area contributed by atoms with Gasteiger partial charge in [-0.3, -0.25) is 0 Å². The van der Waals surface area contributed by atoms with Crippen LogP contribution in [0.25, 0.3) is 0 Å². The van der Waals surface area contributed by atoms with Gasteiger partial charge in [-0.05, 0) is 37.5 Å². The molecule has 0 bridgehead atoms. The summed E-state index contributed by atoms with van der Waals surface area (Å²) in [5.74, 6) is -2.32. The fourth-order valence-electron chi connectivity index (χ4n) is 1.97. The molecule has 0 aromatic heterocycles. The molecule has 0 rings (SSSR count). The molecule has 0 unspecified atom stereocenters. The molecule has 25 heavy (non-hydrogen) atoms. The number of hydrogen-bond donors (Lipinski definition) is 0. The van der Waals surface area contributed by atoms with Crippen molar-refractivity contribution in [3.05, 3.63) is 0 Å². The second-order valence-electron chi connectivity index (χ2n) is 6.12. The molecular weight excluding hydrogens is 423 g/mol. The van der Waals surface area contributed by atoms with Crippen LogP contribution in [-0.4, -0.2) is 33.1 Å². The molecule has 0 radical (unpaired) electrons. The van der Waals surface area contributed by atoms with Crippen LogP contribution < -0.4 is 10.2 Å². The number of aliphatic carboxylic acids is 2. The third kappa shape index (κ3) is 23.7. The average molecular weight is 463 g/mol. The number of carbonyl (C=O) groups is 2. The Hall–Kier alpha value is -0.261. The number of unbranched alkanes of at least 4 members (excludes halogenated alkanes) is 2. The van der Waals surface area contributed by atoms with Crippen molar-refractivity contribution in [2.75, 3.05) is 0 Å². The van der Waals surface area contributed by atoms with Crippen LogP contribution in [0.1, 0.15) is 92.9 Å². The summed E-state index contributed by atoms with van der Waals surface area (Å²) in [6, 6.07) is 0. The van der Waals surface area contributed by atoms with E-state index in [0.29, 0.717) is 25.7 Å². The van der Waals surface area contributed by atoms with Gasteiger partial charge in [0.25, 0.3) is 0 Å². The van der Waals surface area contributed by atoms with Crippen LogP contribution in [0.2, 0.25) is 8.87 Å². The quantitative estimate of drug-likeness (QED) is 0.328. The van der Waals surface area contributed by atoms with E-state index >= 15 is 0 Å². The number of carboxylic acid groups (broad SMARTS) is 2. The van der Waals surface area contributed by atoms with Gasteiger partial charge in [-0.2, -0.15) is 0 Å². The van der Waals surface area contributed by atoms with Crippen LogP contribution in [0.4, 0.5) is 0 Å². The normalized spacial score (nSPS) is 9.60. The number of carboxylic acids is 2. The van der Waals surface area contributed by atoms with Gasteiger partial charge < -0.3 is 19.8 Å². The summed E-state index contributed by atoms with van der Waals surface area (Å²) in [5.41, 5.74) is 0. The van der Waals surface area contributed by atoms with Crippen LogP contribution >= 0.6 is 0 Å². The van der Waals surface area contributed by atoms with E-state index in [1.54, 1.807) is 8.87 Å². The first-order chi connectivity index (χ1) is 11.9. The second kappa shape index (κ2) is 23.7. The van der Waals surface area contributed by atoms with Crippen LogP contribution in [0, 0.1) is 11.8 Å². The van der Waals surface area contributed by atoms with Gasteiger partial charge >= 0.3 is 69.5 Å². The molecule has 0 spiro atoms. The van der Waals surface area contributed by atoms with Crippen LogP contribution in [0.15, 0.2) is 0 Å². The molecule has 0 fully saturated rings. The Morgan fingerprint density at radius 3 is 1.08 bits per heavy atom. The number of rotatable bonds is 12. The zero-order valence-electron chi connectivity index (χ0n) is 17.4. The maximum atomic E-state index is 10.1. The Morgan fingerprint density at radius 2 is 0.960 bits per heavy atom. The standard InChI is InChI=1S/2C6H12O2.2C4H9.Sn/c2*1-3-5(4-2)6(7)8;2*1-3-4-2;/h2*5H,3-4H2,1-2H3,(H,7,8);2*1,3-4H2,2H3;/q;;;;+2/p-2. The topological polar surface area (TPSA) is 80.3 Å². The summed E-state index contributed by atoms with van der Waals surface area (Å²) in [7, 11) is 0. The molecule has 0 aliphatic rings. The molecule has 0 aliphatic heterocycles. The molecular formula is C20H40O4Sn. The summed E-state index contributed by atoms with van der Waals surface area (Å²) in [5, 5.41) is 20.1. The van der Waals surface area contributed by atoms with Gasteiger partial charge in [-0.25, -0.2) is 0 Å². The Morgan fingerprint density at radius 1 is 0.680 bits per heavy atom. The van der Waals surface area contributed by atoms with E-state index in [9.17, 15) is 19.8 Å². The first kappa shape index (κ1) is 29.5. The average Bonchev–Trinajstić information content (AvgIpc) is 2.57. The third-order valence-corrected chi connectivity index (χ3v) is 8.09. The molecule has 0 aliphatic carbocycles. The molecule has 0 saturated carbocycles. The van der Waals surface area contributed by atoms with Crippen molar-refractivity contribution in [2.24, 2.45) is 11.8 Å². The van der Waals surface area contributed by atoms with Crippen molar-refractivity contribution in [1.82, 2.24) is 0 Å². The summed E-state index contributed by atoms with van der Waals surface area (Å²) in [4.78, 5) is 20.1. The third-order valence-electron chi connectivity index (χ3n) is 4.05. The van der Waals surface area contributed by atoms with Crippen molar-refractivity contribution in [2.45, 2.75) is 102 Å². The van der Waals surface area contributed by atoms with E-state index in [1.165, 1.54) is 25.7 Å². The van der Waals surface area contributed by atoms with Crippen molar-refractivity contribution in [3.63, 3.8) is 0 Å². The van der Waals surface area contributed by atoms with Gasteiger partial charge in [-0.15, -0.1) is 0 Å². The van der Waals surface area contributed by atoms with Gasteiger partial charge in [0.15, 0.2) is 0 Å². The molecule has 5 heteroatoms. The van der Waals surface area contributed by atoms with Gasteiger partial charge in [0.05, 0.1) is 0 Å². The first-order valence-corrected chi connectivity index (χ1v) is 14.0. The first-order valence-electron chi connectivity index (χ1n) is 9.98. The van der Waals surface area contributed by atoms with E-state index < -0.39 is 11.9 Å². The molecule has 4 nitrogen and oxygen atoms in total. The van der Waals surface area contributed by atoms with Gasteiger partial charge in [0, 0.05) is 11.9 Å². The van der Waals surface area contributed by atoms with E-state index in [-0.39, 0.29) is 33.0 Å². The number of hydrogen-bond acceptors (Lipinski definition) is 4. The van der Waals surface area contributed by atoms with Gasteiger partial charge in [-0.1, -0.05) is 27.7 Å². The monoisotopic (exact) mass is 464 g/mol. The molecule has 148 valence electrons. The van der Waals surface area contributed by atoms with Crippen molar-refractivity contribution >= 4 is 33.1 Å². The summed E-state index contributed by atoms with van der Waals surface area (Å²) >= 11 is 0.149. The molecule has 0 aromatic rings. The Bertz CT molecular complexity index is 259. The number of carbonyl (C=O) groups excluding carboxylic acids is 2. The Balaban J connectivity index is -0.000000291. The van der Waals surface area contributed by atoms with E-state index in [1.807, 2.05) is 27.7 Å². The Labute approximate surface area is 166 Å². The fourth-order valence-corrected chi connectivity index (χ4v) is 6.13. The summed E-state index contributed by atoms with van der Waals surface area (Å²) < 4.78 is 3.25. The SMILES string of the molecule is CCC(CC)C(=O)[O-].CCC(CC)C(=O)[O-].CCC[CH2][Sn+2][CH2]CCC. The molecule has 0 saturated heterocycles. The van der Waals surface area contributed by atoms with Crippen molar-refractivity contribution < 1.29 is 19.8 Å². The maximum absolute atomic E-state index is 10.1. The van der Waals surface area contributed by atoms with Crippen LogP contribution in [-0.2, 0) is 9.59 Å². The zero-order chi connectivity index (χ0) is 20.1. The van der Waals surface area contributed by atoms with Crippen LogP contribution in [0.3, 0.4) is 0 Å². The summed E-state index contributed by atoms with van der Waals surface area (Å²) in [6.07, 6.45) is 8.56. The molecule has 0 aromatic carbocycles. The molecule has 0 heterocycles. The van der Waals surface area contributed by atoms with E-state index in [2.05, 4.69) is 13.8 Å². The fraction of sp³-hybridized carbons (Fsp3) is 0.900. The molecule has 0 atom stereocenters. The predicted molar refractivity (Wildman–Crippen MR) is 103 cm³/mol. The zero-order valence-corrected chi connectivity index (χ0v) is 20.2. The van der Waals surface area contributed by atoms with Crippen LogP contribution in [0.5, 0.6) is 0 Å².